The summed E-state index contributed by atoms with van der Waals surface area (Å²) in [7, 11) is 0. The molecular formula is C23H39N3O4. The van der Waals surface area contributed by atoms with Gasteiger partial charge in [-0.2, -0.15) is 0 Å². The number of alkyl carbamates (subject to hydrolysis) is 2. The third kappa shape index (κ3) is 9.96. The molecular weight excluding hydrogens is 382 g/mol. The first-order valence-electron chi connectivity index (χ1n) is 10.4. The van der Waals surface area contributed by atoms with Gasteiger partial charge in [0.15, 0.2) is 0 Å². The second kappa shape index (κ2) is 10.7. The van der Waals surface area contributed by atoms with Crippen molar-refractivity contribution in [1.29, 1.82) is 0 Å². The van der Waals surface area contributed by atoms with E-state index in [-0.39, 0.29) is 12.0 Å². The Morgan fingerprint density at radius 2 is 1.57 bits per heavy atom. The minimum Gasteiger partial charge on any atom is -0.444 e. The highest BCUT2D eigenvalue weighted by Gasteiger charge is 2.23. The molecule has 0 radical (unpaired) electrons. The van der Waals surface area contributed by atoms with Crippen LogP contribution in [0.15, 0.2) is 18.2 Å². The van der Waals surface area contributed by atoms with Gasteiger partial charge in [-0.3, -0.25) is 0 Å². The smallest absolute Gasteiger partial charge is 0.407 e. The summed E-state index contributed by atoms with van der Waals surface area (Å²) in [6, 6.07) is 5.93. The monoisotopic (exact) mass is 421 g/mol. The largest absolute Gasteiger partial charge is 0.444 e. The molecule has 0 aliphatic rings. The van der Waals surface area contributed by atoms with Crippen molar-refractivity contribution in [3.05, 3.63) is 34.9 Å². The van der Waals surface area contributed by atoms with E-state index >= 15 is 0 Å². The van der Waals surface area contributed by atoms with Gasteiger partial charge < -0.3 is 25.8 Å². The van der Waals surface area contributed by atoms with Gasteiger partial charge in [0.25, 0.3) is 0 Å². The lowest BCUT2D eigenvalue weighted by Crippen LogP contribution is -2.44. The summed E-state index contributed by atoms with van der Waals surface area (Å²) < 4.78 is 10.7. The molecule has 0 bridgehead atoms. The lowest BCUT2D eigenvalue weighted by atomic mass is 9.90. The summed E-state index contributed by atoms with van der Waals surface area (Å²) in [5.41, 5.74) is 8.12. The van der Waals surface area contributed by atoms with Crippen molar-refractivity contribution in [2.24, 2.45) is 11.7 Å². The van der Waals surface area contributed by atoms with Crippen LogP contribution in [-0.2, 0) is 22.4 Å². The van der Waals surface area contributed by atoms with Gasteiger partial charge in [-0.1, -0.05) is 23.8 Å². The van der Waals surface area contributed by atoms with Crippen molar-refractivity contribution >= 4 is 12.2 Å². The molecule has 0 saturated heterocycles. The maximum atomic E-state index is 12.1. The molecule has 2 amide bonds. The van der Waals surface area contributed by atoms with Crippen LogP contribution in [0.1, 0.15) is 65.2 Å². The highest BCUT2D eigenvalue weighted by Crippen LogP contribution is 2.19. The number of nitrogens with two attached hydrogens (primary N) is 1. The standard InChI is InChI=1S/C23H39N3O4/c1-15-9-10-17(14-25-20(27)29-22(3,4)5)18(11-15)12-19(13-24)16(2)26-21(28)30-23(6,7)8/h9-11,16,19H,12-14,24H2,1-8H3,(H,25,27)(H,26,28)/t16-,19?/m1/s1. The molecule has 0 heterocycles. The fraction of sp³-hybridized carbons (Fsp3) is 0.652. The van der Waals surface area contributed by atoms with Crippen LogP contribution >= 0.6 is 0 Å². The Labute approximate surface area is 181 Å². The van der Waals surface area contributed by atoms with Crippen molar-refractivity contribution in [3.8, 4) is 0 Å². The van der Waals surface area contributed by atoms with Crippen LogP contribution in [0.4, 0.5) is 9.59 Å². The second-order valence-electron chi connectivity index (χ2n) is 9.76. The van der Waals surface area contributed by atoms with Gasteiger partial charge in [0.2, 0.25) is 0 Å². The van der Waals surface area contributed by atoms with Crippen molar-refractivity contribution in [2.45, 2.75) is 85.6 Å². The van der Waals surface area contributed by atoms with Gasteiger partial charge in [-0.15, -0.1) is 0 Å². The van der Waals surface area contributed by atoms with Gasteiger partial charge in [-0.25, -0.2) is 9.59 Å². The SMILES string of the molecule is Cc1ccc(CNC(=O)OC(C)(C)C)c(CC(CN)[C@@H](C)NC(=O)OC(C)(C)C)c1. The van der Waals surface area contributed by atoms with E-state index in [1.807, 2.05) is 67.5 Å². The summed E-state index contributed by atoms with van der Waals surface area (Å²) in [4.78, 5) is 24.1. The van der Waals surface area contributed by atoms with E-state index in [0.717, 1.165) is 16.7 Å². The Morgan fingerprint density at radius 3 is 2.10 bits per heavy atom. The molecule has 0 aromatic heterocycles. The van der Waals surface area contributed by atoms with Gasteiger partial charge in [0.05, 0.1) is 0 Å². The van der Waals surface area contributed by atoms with Gasteiger partial charge in [-0.05, 0) is 85.4 Å². The molecule has 0 saturated carbocycles. The molecule has 2 atom stereocenters. The molecule has 1 unspecified atom stereocenters. The molecule has 0 aliphatic carbocycles. The Balaban J connectivity index is 2.85. The maximum Gasteiger partial charge on any atom is 0.407 e. The topological polar surface area (TPSA) is 103 Å². The molecule has 1 aromatic carbocycles. The average molecular weight is 422 g/mol. The van der Waals surface area contributed by atoms with Gasteiger partial charge >= 0.3 is 12.2 Å². The van der Waals surface area contributed by atoms with Crippen LogP contribution < -0.4 is 16.4 Å². The molecule has 0 spiro atoms. The van der Waals surface area contributed by atoms with Crippen LogP contribution in [0.3, 0.4) is 0 Å². The zero-order valence-corrected chi connectivity index (χ0v) is 19.7. The first kappa shape index (κ1) is 25.8. The number of hydrogen-bond acceptors (Lipinski definition) is 5. The van der Waals surface area contributed by atoms with Crippen LogP contribution in [0.25, 0.3) is 0 Å². The Bertz CT molecular complexity index is 720. The number of carbonyl (C=O) groups excluding carboxylic acids is 2. The highest BCUT2D eigenvalue weighted by molar-refractivity contribution is 5.68. The highest BCUT2D eigenvalue weighted by atomic mass is 16.6. The van der Waals surface area contributed by atoms with Crippen LogP contribution in [0.5, 0.6) is 0 Å². The molecule has 4 N–H and O–H groups in total. The van der Waals surface area contributed by atoms with E-state index in [2.05, 4.69) is 16.7 Å². The Hall–Kier alpha value is -2.28. The third-order valence-corrected chi connectivity index (χ3v) is 4.42. The molecule has 170 valence electrons. The van der Waals surface area contributed by atoms with Crippen molar-refractivity contribution in [1.82, 2.24) is 10.6 Å². The summed E-state index contributed by atoms with van der Waals surface area (Å²) >= 11 is 0. The first-order chi connectivity index (χ1) is 13.7. The Morgan fingerprint density at radius 1 is 1.00 bits per heavy atom. The number of carbonyl (C=O) groups is 2. The first-order valence-corrected chi connectivity index (χ1v) is 10.4. The summed E-state index contributed by atoms with van der Waals surface area (Å²) in [5, 5.41) is 5.70. The third-order valence-electron chi connectivity index (χ3n) is 4.42. The van der Waals surface area contributed by atoms with E-state index in [0.29, 0.717) is 19.5 Å². The van der Waals surface area contributed by atoms with E-state index < -0.39 is 23.4 Å². The summed E-state index contributed by atoms with van der Waals surface area (Å²) in [5.74, 6) is 0.0135. The maximum absolute atomic E-state index is 12.1. The molecule has 7 nitrogen and oxygen atoms in total. The lowest BCUT2D eigenvalue weighted by Gasteiger charge is -2.27. The summed E-state index contributed by atoms with van der Waals surface area (Å²) in [6.45, 7) is 15.7. The molecule has 1 aromatic rings. The number of benzene rings is 1. The number of amides is 2. The molecule has 7 heteroatoms. The number of hydrogen-bond donors (Lipinski definition) is 3. The predicted octanol–water partition coefficient (Wildman–Crippen LogP) is 4.05. The second-order valence-corrected chi connectivity index (χ2v) is 9.76. The van der Waals surface area contributed by atoms with Crippen LogP contribution in [0.2, 0.25) is 0 Å². The van der Waals surface area contributed by atoms with Crippen molar-refractivity contribution in [3.63, 3.8) is 0 Å². The number of ether oxygens (including phenoxy) is 2. The van der Waals surface area contributed by atoms with Crippen LogP contribution in [0, 0.1) is 12.8 Å². The zero-order chi connectivity index (χ0) is 23.1. The number of rotatable bonds is 7. The minimum absolute atomic E-state index is 0.0135. The molecule has 1 rings (SSSR count). The van der Waals surface area contributed by atoms with Gasteiger partial charge in [0, 0.05) is 12.6 Å². The van der Waals surface area contributed by atoms with E-state index in [1.165, 1.54) is 0 Å². The van der Waals surface area contributed by atoms with E-state index in [9.17, 15) is 9.59 Å². The molecule has 30 heavy (non-hydrogen) atoms. The molecule has 0 fully saturated rings. The lowest BCUT2D eigenvalue weighted by molar-refractivity contribution is 0.0488. The Kier molecular flexibility index (Phi) is 9.15. The van der Waals surface area contributed by atoms with Crippen LogP contribution in [-0.4, -0.2) is 36.0 Å². The average Bonchev–Trinajstić information content (AvgIpc) is 2.55. The zero-order valence-electron chi connectivity index (χ0n) is 19.7. The van der Waals surface area contributed by atoms with Crippen molar-refractivity contribution < 1.29 is 19.1 Å². The van der Waals surface area contributed by atoms with E-state index in [4.69, 9.17) is 15.2 Å². The normalized spacial score (nSPS) is 13.9. The van der Waals surface area contributed by atoms with Gasteiger partial charge in [0.1, 0.15) is 11.2 Å². The predicted molar refractivity (Wildman–Crippen MR) is 119 cm³/mol. The molecule has 0 aliphatic heterocycles. The van der Waals surface area contributed by atoms with Crippen molar-refractivity contribution in [2.75, 3.05) is 6.54 Å². The number of nitrogens with one attached hydrogen (secondary N) is 2. The fourth-order valence-electron chi connectivity index (χ4n) is 2.96. The quantitative estimate of drug-likeness (QED) is 0.616. The number of aryl methyl sites for hydroxylation is 1. The van der Waals surface area contributed by atoms with E-state index in [1.54, 1.807) is 0 Å². The minimum atomic E-state index is -0.556. The summed E-state index contributed by atoms with van der Waals surface area (Å²) in [6.07, 6.45) is -0.241. The fourth-order valence-corrected chi connectivity index (χ4v) is 2.96.